The van der Waals surface area contributed by atoms with Crippen molar-refractivity contribution in [1.29, 1.82) is 5.26 Å². The summed E-state index contributed by atoms with van der Waals surface area (Å²) in [6.45, 7) is 6.26. The van der Waals surface area contributed by atoms with Crippen LogP contribution in [0.15, 0.2) is 12.3 Å². The zero-order valence-corrected chi connectivity index (χ0v) is 9.04. The molecule has 1 rings (SSSR count). The van der Waals surface area contributed by atoms with Crippen molar-refractivity contribution in [2.75, 3.05) is 0 Å². The van der Waals surface area contributed by atoms with Gasteiger partial charge in [-0.1, -0.05) is 27.2 Å². The van der Waals surface area contributed by atoms with Crippen LogP contribution in [0.1, 0.15) is 49.9 Å². The van der Waals surface area contributed by atoms with Gasteiger partial charge in [0.1, 0.15) is 6.07 Å². The van der Waals surface area contributed by atoms with E-state index in [4.69, 9.17) is 5.26 Å². The number of hydrogen-bond acceptors (Lipinski definition) is 2. The summed E-state index contributed by atoms with van der Waals surface area (Å²) in [5.74, 6) is 0.321. The Morgan fingerprint density at radius 2 is 2.21 bits per heavy atom. The minimum absolute atomic E-state index is 0.321. The molecule has 0 aliphatic rings. The molecule has 0 amide bonds. The molecule has 1 aromatic rings. The molecule has 74 valence electrons. The Morgan fingerprint density at radius 1 is 1.50 bits per heavy atom. The van der Waals surface area contributed by atoms with Gasteiger partial charge in [-0.2, -0.15) is 5.26 Å². The molecule has 2 heteroatoms. The Balaban J connectivity index is 3.20. The summed E-state index contributed by atoms with van der Waals surface area (Å²) in [5.41, 5.74) is 2.84. The highest BCUT2D eigenvalue weighted by atomic mass is 14.7. The topological polar surface area (TPSA) is 36.7 Å². The molecule has 2 nitrogen and oxygen atoms in total. The molecule has 0 N–H and O–H groups in total. The van der Waals surface area contributed by atoms with E-state index in [-0.39, 0.29) is 0 Å². The van der Waals surface area contributed by atoms with Crippen LogP contribution in [-0.2, 0) is 6.42 Å². The third kappa shape index (κ3) is 2.11. The average molecular weight is 188 g/mol. The highest BCUT2D eigenvalue weighted by molar-refractivity contribution is 5.41. The van der Waals surface area contributed by atoms with Gasteiger partial charge < -0.3 is 0 Å². The third-order valence-electron chi connectivity index (χ3n) is 2.24. The van der Waals surface area contributed by atoms with E-state index in [2.05, 4.69) is 31.8 Å². The van der Waals surface area contributed by atoms with E-state index in [1.807, 2.05) is 6.07 Å². The monoisotopic (exact) mass is 188 g/mol. The Hall–Kier alpha value is -1.36. The first kappa shape index (κ1) is 10.7. The highest BCUT2D eigenvalue weighted by Gasteiger charge is 2.11. The molecule has 0 aliphatic heterocycles. The molecule has 1 heterocycles. The molecule has 0 atom stereocenters. The average Bonchev–Trinajstić information content (AvgIpc) is 2.18. The van der Waals surface area contributed by atoms with Crippen molar-refractivity contribution >= 4 is 0 Å². The minimum atomic E-state index is 0.321. The zero-order chi connectivity index (χ0) is 10.6. The maximum Gasteiger partial charge on any atom is 0.101 e. The molecule has 0 aliphatic carbocycles. The predicted molar refractivity (Wildman–Crippen MR) is 57.0 cm³/mol. The first-order chi connectivity index (χ1) is 6.70. The lowest BCUT2D eigenvalue weighted by Crippen LogP contribution is -2.01. The molecule has 0 unspecified atom stereocenters. The van der Waals surface area contributed by atoms with Gasteiger partial charge in [-0.15, -0.1) is 0 Å². The molecule has 1 aromatic heterocycles. The second-order valence-electron chi connectivity index (χ2n) is 3.75. The van der Waals surface area contributed by atoms with Crippen molar-refractivity contribution in [3.05, 3.63) is 29.1 Å². The highest BCUT2D eigenvalue weighted by Crippen LogP contribution is 2.20. The van der Waals surface area contributed by atoms with Gasteiger partial charge in [0.05, 0.1) is 11.3 Å². The fourth-order valence-corrected chi connectivity index (χ4v) is 1.56. The lowest BCUT2D eigenvalue weighted by atomic mass is 9.98. The van der Waals surface area contributed by atoms with Gasteiger partial charge in [-0.05, 0) is 24.0 Å². The Kier molecular flexibility index (Phi) is 3.64. The van der Waals surface area contributed by atoms with Gasteiger partial charge >= 0.3 is 0 Å². The van der Waals surface area contributed by atoms with Crippen LogP contribution in [-0.4, -0.2) is 4.98 Å². The summed E-state index contributed by atoms with van der Waals surface area (Å²) >= 11 is 0. The van der Waals surface area contributed by atoms with Crippen molar-refractivity contribution in [2.24, 2.45) is 0 Å². The van der Waals surface area contributed by atoms with E-state index in [1.165, 1.54) is 0 Å². The van der Waals surface area contributed by atoms with Crippen molar-refractivity contribution in [3.63, 3.8) is 0 Å². The van der Waals surface area contributed by atoms with Gasteiger partial charge in [0.15, 0.2) is 0 Å². The molecule has 0 fully saturated rings. The van der Waals surface area contributed by atoms with Gasteiger partial charge in [0.25, 0.3) is 0 Å². The quantitative estimate of drug-likeness (QED) is 0.731. The second kappa shape index (κ2) is 4.76. The van der Waals surface area contributed by atoms with Gasteiger partial charge in [-0.25, -0.2) is 0 Å². The standard InChI is InChI=1S/C12H16N2/c1-4-5-10-6-7-14-12(9(2)3)11(10)8-13/h6-7,9H,4-5H2,1-3H3. The summed E-state index contributed by atoms with van der Waals surface area (Å²) in [6, 6.07) is 4.22. The van der Waals surface area contributed by atoms with Crippen LogP contribution in [0.4, 0.5) is 0 Å². The fraction of sp³-hybridized carbons (Fsp3) is 0.500. The van der Waals surface area contributed by atoms with E-state index in [9.17, 15) is 0 Å². The largest absolute Gasteiger partial charge is 0.260 e. The molecule has 0 radical (unpaired) electrons. The SMILES string of the molecule is CCCc1ccnc(C(C)C)c1C#N. The van der Waals surface area contributed by atoms with Crippen LogP contribution in [0.3, 0.4) is 0 Å². The molecule has 0 saturated carbocycles. The van der Waals surface area contributed by atoms with E-state index in [0.717, 1.165) is 29.7 Å². The Morgan fingerprint density at radius 3 is 2.71 bits per heavy atom. The smallest absolute Gasteiger partial charge is 0.101 e. The van der Waals surface area contributed by atoms with E-state index < -0.39 is 0 Å². The van der Waals surface area contributed by atoms with Crippen molar-refractivity contribution in [3.8, 4) is 6.07 Å². The number of nitriles is 1. The van der Waals surface area contributed by atoms with E-state index in [0.29, 0.717) is 5.92 Å². The molecular weight excluding hydrogens is 172 g/mol. The number of nitrogens with zero attached hydrogens (tertiary/aromatic N) is 2. The third-order valence-corrected chi connectivity index (χ3v) is 2.24. The van der Waals surface area contributed by atoms with Crippen molar-refractivity contribution < 1.29 is 0 Å². The van der Waals surface area contributed by atoms with Gasteiger partial charge in [-0.3, -0.25) is 4.98 Å². The van der Waals surface area contributed by atoms with Crippen LogP contribution >= 0.6 is 0 Å². The number of rotatable bonds is 3. The maximum absolute atomic E-state index is 9.08. The van der Waals surface area contributed by atoms with E-state index in [1.54, 1.807) is 6.20 Å². The maximum atomic E-state index is 9.08. The molecule has 0 spiro atoms. The summed E-state index contributed by atoms with van der Waals surface area (Å²) < 4.78 is 0. The van der Waals surface area contributed by atoms with Crippen LogP contribution in [0.25, 0.3) is 0 Å². The van der Waals surface area contributed by atoms with Gasteiger partial charge in [0, 0.05) is 6.20 Å². The predicted octanol–water partition coefficient (Wildman–Crippen LogP) is 3.03. The molecule has 0 bridgehead atoms. The summed E-state index contributed by atoms with van der Waals surface area (Å²) in [6.07, 6.45) is 3.84. The second-order valence-corrected chi connectivity index (χ2v) is 3.75. The number of aromatic nitrogens is 1. The fourth-order valence-electron chi connectivity index (χ4n) is 1.56. The van der Waals surface area contributed by atoms with E-state index >= 15 is 0 Å². The lowest BCUT2D eigenvalue weighted by molar-refractivity contribution is 0.806. The lowest BCUT2D eigenvalue weighted by Gasteiger charge is -2.09. The Labute approximate surface area is 85.6 Å². The normalized spacial score (nSPS) is 10.2. The number of hydrogen-bond donors (Lipinski definition) is 0. The summed E-state index contributed by atoms with van der Waals surface area (Å²) in [7, 11) is 0. The van der Waals surface area contributed by atoms with Crippen LogP contribution in [0.2, 0.25) is 0 Å². The zero-order valence-electron chi connectivity index (χ0n) is 9.04. The molecule has 0 saturated heterocycles. The Bertz CT molecular complexity index is 348. The van der Waals surface area contributed by atoms with Crippen LogP contribution in [0.5, 0.6) is 0 Å². The van der Waals surface area contributed by atoms with Gasteiger partial charge in [0.2, 0.25) is 0 Å². The first-order valence-electron chi connectivity index (χ1n) is 5.08. The number of aryl methyl sites for hydroxylation is 1. The minimum Gasteiger partial charge on any atom is -0.260 e. The van der Waals surface area contributed by atoms with Crippen LogP contribution in [0, 0.1) is 11.3 Å². The first-order valence-corrected chi connectivity index (χ1v) is 5.08. The van der Waals surface area contributed by atoms with Crippen molar-refractivity contribution in [2.45, 2.75) is 39.5 Å². The van der Waals surface area contributed by atoms with Crippen molar-refractivity contribution in [1.82, 2.24) is 4.98 Å². The summed E-state index contributed by atoms with van der Waals surface area (Å²) in [4.78, 5) is 4.27. The summed E-state index contributed by atoms with van der Waals surface area (Å²) in [5, 5.41) is 9.08. The number of pyridine rings is 1. The molecule has 0 aromatic carbocycles. The van der Waals surface area contributed by atoms with Crippen LogP contribution < -0.4 is 0 Å². The molecule has 14 heavy (non-hydrogen) atoms. The molecular formula is C12H16N2.